The summed E-state index contributed by atoms with van der Waals surface area (Å²) < 4.78 is 28.0. The molecule has 0 aromatic heterocycles. The number of rotatable bonds is 8. The van der Waals surface area contributed by atoms with Gasteiger partial charge in [-0.2, -0.15) is 0 Å². The molecule has 0 aliphatic rings. The number of amides is 1. The normalized spacial score (nSPS) is 12.2. The van der Waals surface area contributed by atoms with Gasteiger partial charge in [-0.1, -0.05) is 67.1 Å². The van der Waals surface area contributed by atoms with Crippen molar-refractivity contribution in [3.63, 3.8) is 0 Å². The van der Waals surface area contributed by atoms with E-state index in [1.807, 2.05) is 31.2 Å². The zero-order chi connectivity index (χ0) is 23.3. The van der Waals surface area contributed by atoms with Crippen molar-refractivity contribution in [2.24, 2.45) is 0 Å². The number of nitrogens with one attached hydrogen (secondary N) is 1. The number of benzene rings is 3. The van der Waals surface area contributed by atoms with E-state index in [1.54, 1.807) is 43.3 Å². The molecule has 168 valence electrons. The van der Waals surface area contributed by atoms with Crippen LogP contribution in [-0.4, -0.2) is 20.9 Å². The maximum atomic E-state index is 13.5. The first-order chi connectivity index (χ1) is 15.2. The van der Waals surface area contributed by atoms with Crippen LogP contribution in [0, 0.1) is 6.92 Å². The molecule has 1 atom stereocenters. The first-order valence-corrected chi connectivity index (χ1v) is 12.3. The number of halogens is 1. The molecule has 1 unspecified atom stereocenters. The minimum atomic E-state index is -3.98. The summed E-state index contributed by atoms with van der Waals surface area (Å²) in [5.74, 6) is -0.407. The van der Waals surface area contributed by atoms with Crippen LogP contribution in [-0.2, 0) is 21.2 Å². The molecular formula is C25H27ClN2O3S. The molecular weight excluding hydrogens is 444 g/mol. The molecule has 3 aromatic carbocycles. The van der Waals surface area contributed by atoms with Crippen LogP contribution >= 0.6 is 11.6 Å². The van der Waals surface area contributed by atoms with Gasteiger partial charge in [0.15, 0.2) is 0 Å². The molecule has 0 saturated carbocycles. The maximum absolute atomic E-state index is 13.5. The molecule has 0 spiro atoms. The molecule has 0 heterocycles. The molecule has 3 rings (SSSR count). The van der Waals surface area contributed by atoms with Crippen LogP contribution in [0.25, 0.3) is 0 Å². The van der Waals surface area contributed by atoms with Crippen molar-refractivity contribution in [2.75, 3.05) is 10.8 Å². The fourth-order valence-electron chi connectivity index (χ4n) is 3.43. The Labute approximate surface area is 195 Å². The quantitative estimate of drug-likeness (QED) is 0.486. The lowest BCUT2D eigenvalue weighted by atomic mass is 10.1. The predicted molar refractivity (Wildman–Crippen MR) is 130 cm³/mol. The average Bonchev–Trinajstić information content (AvgIpc) is 2.80. The second kappa shape index (κ2) is 10.2. The molecule has 1 amide bonds. The number of nitrogens with zero attached hydrogens (tertiary/aromatic N) is 1. The average molecular weight is 471 g/mol. The molecule has 0 aliphatic heterocycles. The number of hydrogen-bond acceptors (Lipinski definition) is 3. The fraction of sp³-hybridized carbons (Fsp3) is 0.240. The van der Waals surface area contributed by atoms with Crippen LogP contribution < -0.4 is 9.62 Å². The first kappa shape index (κ1) is 23.8. The van der Waals surface area contributed by atoms with E-state index in [1.165, 1.54) is 17.7 Å². The second-order valence-electron chi connectivity index (χ2n) is 7.59. The minimum absolute atomic E-state index is 0.107. The van der Waals surface area contributed by atoms with Gasteiger partial charge in [-0.25, -0.2) is 8.42 Å². The Morgan fingerprint density at radius 2 is 1.66 bits per heavy atom. The van der Waals surface area contributed by atoms with Gasteiger partial charge in [0.05, 0.1) is 16.6 Å². The van der Waals surface area contributed by atoms with Crippen molar-refractivity contribution in [1.29, 1.82) is 0 Å². The van der Waals surface area contributed by atoms with Gasteiger partial charge in [0.1, 0.15) is 6.54 Å². The zero-order valence-electron chi connectivity index (χ0n) is 18.4. The Balaban J connectivity index is 1.90. The van der Waals surface area contributed by atoms with Crippen LogP contribution in [0.2, 0.25) is 5.02 Å². The van der Waals surface area contributed by atoms with Gasteiger partial charge in [-0.05, 0) is 61.2 Å². The van der Waals surface area contributed by atoms with Crippen LogP contribution in [0.15, 0.2) is 77.7 Å². The van der Waals surface area contributed by atoms with Crippen molar-refractivity contribution >= 4 is 33.2 Å². The molecule has 3 aromatic rings. The Morgan fingerprint density at radius 1 is 1.00 bits per heavy atom. The SMILES string of the molecule is CCc1ccc(C(C)NC(=O)CN(c2cccc(Cl)c2C)S(=O)(=O)c2ccccc2)cc1. The summed E-state index contributed by atoms with van der Waals surface area (Å²) in [5, 5.41) is 3.34. The Bertz CT molecular complexity index is 1180. The highest BCUT2D eigenvalue weighted by atomic mass is 35.5. The molecule has 7 heteroatoms. The van der Waals surface area contributed by atoms with Crippen molar-refractivity contribution in [2.45, 2.75) is 38.1 Å². The molecule has 5 nitrogen and oxygen atoms in total. The lowest BCUT2D eigenvalue weighted by molar-refractivity contribution is -0.120. The van der Waals surface area contributed by atoms with Gasteiger partial charge in [-0.15, -0.1) is 0 Å². The van der Waals surface area contributed by atoms with Crippen LogP contribution in [0.4, 0.5) is 5.69 Å². The summed E-state index contributed by atoms with van der Waals surface area (Å²) in [6.07, 6.45) is 0.937. The summed E-state index contributed by atoms with van der Waals surface area (Å²) >= 11 is 6.26. The second-order valence-corrected chi connectivity index (χ2v) is 9.86. The number of sulfonamides is 1. The topological polar surface area (TPSA) is 66.5 Å². The summed E-state index contributed by atoms with van der Waals surface area (Å²) in [6.45, 7) is 5.33. The molecule has 0 saturated heterocycles. The van der Waals surface area contributed by atoms with Gasteiger partial charge >= 0.3 is 0 Å². The van der Waals surface area contributed by atoms with Crippen molar-refractivity contribution in [3.05, 3.63) is 94.5 Å². The standard InChI is InChI=1S/C25H27ClN2O3S/c1-4-20-13-15-21(16-14-20)19(3)27-25(29)17-28(24-12-8-11-23(26)18(24)2)32(30,31)22-9-6-5-7-10-22/h5-16,19H,4,17H2,1-3H3,(H,27,29). The Kier molecular flexibility index (Phi) is 7.59. The Hall–Kier alpha value is -2.83. The number of carbonyl (C=O) groups is 1. The van der Waals surface area contributed by atoms with Crippen molar-refractivity contribution < 1.29 is 13.2 Å². The van der Waals surface area contributed by atoms with Gasteiger partial charge in [0.25, 0.3) is 10.0 Å². The third kappa shape index (κ3) is 5.31. The number of carbonyl (C=O) groups excluding carboxylic acids is 1. The zero-order valence-corrected chi connectivity index (χ0v) is 20.0. The summed E-state index contributed by atoms with van der Waals surface area (Å²) in [5.41, 5.74) is 3.12. The van der Waals surface area contributed by atoms with E-state index in [-0.39, 0.29) is 17.5 Å². The van der Waals surface area contributed by atoms with E-state index in [0.29, 0.717) is 16.3 Å². The van der Waals surface area contributed by atoms with Crippen molar-refractivity contribution in [1.82, 2.24) is 5.32 Å². The van der Waals surface area contributed by atoms with Gasteiger partial charge in [0, 0.05) is 5.02 Å². The highest BCUT2D eigenvalue weighted by Crippen LogP contribution is 2.30. The lowest BCUT2D eigenvalue weighted by Gasteiger charge is -2.26. The van der Waals surface area contributed by atoms with E-state index in [9.17, 15) is 13.2 Å². The van der Waals surface area contributed by atoms with Crippen LogP contribution in [0.5, 0.6) is 0 Å². The van der Waals surface area contributed by atoms with Gasteiger partial charge < -0.3 is 5.32 Å². The molecule has 0 fully saturated rings. The summed E-state index contributed by atoms with van der Waals surface area (Å²) in [4.78, 5) is 13.1. The van der Waals surface area contributed by atoms with E-state index in [0.717, 1.165) is 16.3 Å². The van der Waals surface area contributed by atoms with E-state index in [4.69, 9.17) is 11.6 Å². The van der Waals surface area contributed by atoms with Gasteiger partial charge in [0.2, 0.25) is 5.91 Å². The van der Waals surface area contributed by atoms with E-state index < -0.39 is 15.9 Å². The molecule has 1 N–H and O–H groups in total. The first-order valence-electron chi connectivity index (χ1n) is 10.4. The van der Waals surface area contributed by atoms with Crippen LogP contribution in [0.1, 0.15) is 36.6 Å². The van der Waals surface area contributed by atoms with Crippen LogP contribution in [0.3, 0.4) is 0 Å². The molecule has 32 heavy (non-hydrogen) atoms. The Morgan fingerprint density at radius 3 is 2.28 bits per heavy atom. The fourth-order valence-corrected chi connectivity index (χ4v) is 5.10. The number of aryl methyl sites for hydroxylation is 1. The highest BCUT2D eigenvalue weighted by Gasteiger charge is 2.29. The number of anilines is 1. The molecule has 0 radical (unpaired) electrons. The van der Waals surface area contributed by atoms with Gasteiger partial charge in [-0.3, -0.25) is 9.10 Å². The third-order valence-electron chi connectivity index (χ3n) is 5.39. The largest absolute Gasteiger partial charge is 0.348 e. The van der Waals surface area contributed by atoms with Crippen molar-refractivity contribution in [3.8, 4) is 0 Å². The number of hydrogen-bond donors (Lipinski definition) is 1. The molecule has 0 aliphatic carbocycles. The minimum Gasteiger partial charge on any atom is -0.348 e. The summed E-state index contributed by atoms with van der Waals surface area (Å²) in [6, 6.07) is 20.8. The monoisotopic (exact) mass is 470 g/mol. The highest BCUT2D eigenvalue weighted by molar-refractivity contribution is 7.92. The van der Waals surface area contributed by atoms with E-state index in [2.05, 4.69) is 12.2 Å². The lowest BCUT2D eigenvalue weighted by Crippen LogP contribution is -2.42. The van der Waals surface area contributed by atoms with E-state index >= 15 is 0 Å². The smallest absolute Gasteiger partial charge is 0.264 e. The summed E-state index contributed by atoms with van der Waals surface area (Å²) in [7, 11) is -3.98. The maximum Gasteiger partial charge on any atom is 0.264 e. The predicted octanol–water partition coefficient (Wildman–Crippen LogP) is 5.28. The molecule has 0 bridgehead atoms. The third-order valence-corrected chi connectivity index (χ3v) is 7.58.